The zero-order valence-electron chi connectivity index (χ0n) is 6.80. The first-order chi connectivity index (χ1) is 5.84. The zero-order chi connectivity index (χ0) is 8.81. The van der Waals surface area contributed by atoms with E-state index in [1.54, 1.807) is 11.8 Å². The summed E-state index contributed by atoms with van der Waals surface area (Å²) >= 11 is 7.52. The Labute approximate surface area is 82.3 Å². The Morgan fingerprint density at radius 2 is 2.17 bits per heavy atom. The molecule has 0 nitrogen and oxygen atoms in total. The van der Waals surface area contributed by atoms with Crippen molar-refractivity contribution in [3.63, 3.8) is 0 Å². The Bertz CT molecular complexity index is 309. The number of rotatable bonds is 2. The first kappa shape index (κ1) is 9.51. The molecule has 0 aliphatic rings. The maximum Gasteiger partial charge on any atom is 0.0446 e. The third kappa shape index (κ3) is 2.81. The zero-order valence-corrected chi connectivity index (χ0v) is 8.38. The Hall–Kier alpha value is -0.580. The van der Waals surface area contributed by atoms with Gasteiger partial charge in [0.1, 0.15) is 0 Å². The van der Waals surface area contributed by atoms with Crippen LogP contribution >= 0.6 is 23.4 Å². The molecule has 62 valence electrons. The monoisotopic (exact) mass is 196 g/mol. The first-order valence-electron chi connectivity index (χ1n) is 3.61. The highest BCUT2D eigenvalue weighted by molar-refractivity contribution is 8.03. The Morgan fingerprint density at radius 1 is 1.42 bits per heavy atom. The van der Waals surface area contributed by atoms with Crippen molar-refractivity contribution in [3.8, 4) is 11.2 Å². The Kier molecular flexibility index (Phi) is 4.07. The van der Waals surface area contributed by atoms with Crippen molar-refractivity contribution in [1.29, 1.82) is 0 Å². The summed E-state index contributed by atoms with van der Waals surface area (Å²) in [5.41, 5.74) is 1.15. The quantitative estimate of drug-likeness (QED) is 0.652. The van der Waals surface area contributed by atoms with Gasteiger partial charge in [0.2, 0.25) is 0 Å². The number of thioether (sulfide) groups is 1. The van der Waals surface area contributed by atoms with Gasteiger partial charge in [-0.2, -0.15) is 0 Å². The van der Waals surface area contributed by atoms with E-state index in [2.05, 4.69) is 11.2 Å². The highest BCUT2D eigenvalue weighted by atomic mass is 35.5. The molecule has 0 fully saturated rings. The molecule has 0 aliphatic carbocycles. The fourth-order valence-electron chi connectivity index (χ4n) is 0.801. The van der Waals surface area contributed by atoms with Gasteiger partial charge in [0.25, 0.3) is 0 Å². The lowest BCUT2D eigenvalue weighted by molar-refractivity contribution is 1.42. The number of halogens is 1. The second-order valence-corrected chi connectivity index (χ2v) is 3.42. The van der Waals surface area contributed by atoms with E-state index >= 15 is 0 Å². The van der Waals surface area contributed by atoms with Gasteiger partial charge < -0.3 is 0 Å². The molecular formula is C10H9ClS. The molecule has 0 radical (unpaired) electrons. The van der Waals surface area contributed by atoms with Crippen molar-refractivity contribution in [2.75, 3.05) is 0 Å². The van der Waals surface area contributed by atoms with Gasteiger partial charge in [-0.1, -0.05) is 47.5 Å². The van der Waals surface area contributed by atoms with Crippen LogP contribution in [0.25, 0.3) is 0 Å². The van der Waals surface area contributed by atoms with Crippen LogP contribution in [0.3, 0.4) is 0 Å². The fraction of sp³-hybridized carbons (Fsp3) is 0.200. The predicted molar refractivity (Wildman–Crippen MR) is 56.2 cm³/mol. The van der Waals surface area contributed by atoms with Gasteiger partial charge in [0.05, 0.1) is 0 Å². The minimum Gasteiger partial charge on any atom is -0.0947 e. The van der Waals surface area contributed by atoms with E-state index in [9.17, 15) is 0 Å². The summed E-state index contributed by atoms with van der Waals surface area (Å²) in [6, 6.07) is 7.84. The molecule has 0 unspecified atom stereocenters. The fourth-order valence-corrected chi connectivity index (χ4v) is 1.71. The smallest absolute Gasteiger partial charge is 0.0446 e. The maximum absolute atomic E-state index is 5.94. The van der Waals surface area contributed by atoms with E-state index in [1.807, 2.05) is 31.2 Å². The summed E-state index contributed by atoms with van der Waals surface area (Å²) in [5.74, 6) is 3.69. The standard InChI is InChI=1S/C10H9ClS/c1-2-7-12-8-9-5-3-4-6-10(9)11/h3-6H,8H2,1H3. The lowest BCUT2D eigenvalue weighted by atomic mass is 10.2. The topological polar surface area (TPSA) is 0 Å². The van der Waals surface area contributed by atoms with Gasteiger partial charge in [-0.3, -0.25) is 0 Å². The van der Waals surface area contributed by atoms with Crippen LogP contribution in [-0.2, 0) is 5.75 Å². The van der Waals surface area contributed by atoms with Gasteiger partial charge in [-0.15, -0.1) is 0 Å². The molecule has 0 heterocycles. The van der Waals surface area contributed by atoms with Gasteiger partial charge >= 0.3 is 0 Å². The summed E-state index contributed by atoms with van der Waals surface area (Å²) in [6.45, 7) is 1.83. The first-order valence-corrected chi connectivity index (χ1v) is 4.98. The molecule has 0 N–H and O–H groups in total. The van der Waals surface area contributed by atoms with Crippen molar-refractivity contribution in [1.82, 2.24) is 0 Å². The molecule has 1 aromatic rings. The van der Waals surface area contributed by atoms with E-state index in [0.29, 0.717) is 0 Å². The molecule has 0 spiro atoms. The molecule has 1 aromatic carbocycles. The highest BCUT2D eigenvalue weighted by Gasteiger charge is 1.96. The van der Waals surface area contributed by atoms with Crippen LogP contribution in [-0.4, -0.2) is 0 Å². The molecule has 0 amide bonds. The van der Waals surface area contributed by atoms with E-state index in [4.69, 9.17) is 11.6 Å². The average Bonchev–Trinajstić information content (AvgIpc) is 2.09. The summed E-state index contributed by atoms with van der Waals surface area (Å²) in [7, 11) is 0. The third-order valence-electron chi connectivity index (χ3n) is 1.36. The second kappa shape index (κ2) is 5.13. The van der Waals surface area contributed by atoms with Crippen molar-refractivity contribution in [3.05, 3.63) is 34.9 Å². The molecule has 0 aliphatic heterocycles. The summed E-state index contributed by atoms with van der Waals surface area (Å²) in [6.07, 6.45) is 0. The van der Waals surface area contributed by atoms with Crippen LogP contribution in [0.2, 0.25) is 5.02 Å². The van der Waals surface area contributed by atoms with Gasteiger partial charge in [0, 0.05) is 10.8 Å². The minimum atomic E-state index is 0.822. The molecule has 0 saturated carbocycles. The average molecular weight is 197 g/mol. The van der Waals surface area contributed by atoms with Crippen molar-refractivity contribution in [2.45, 2.75) is 12.7 Å². The van der Waals surface area contributed by atoms with Crippen LogP contribution in [0.4, 0.5) is 0 Å². The SMILES string of the molecule is CC#CSCc1ccccc1Cl. The Morgan fingerprint density at radius 3 is 2.83 bits per heavy atom. The second-order valence-electron chi connectivity index (χ2n) is 2.23. The van der Waals surface area contributed by atoms with Crippen molar-refractivity contribution < 1.29 is 0 Å². The van der Waals surface area contributed by atoms with Crippen molar-refractivity contribution in [2.24, 2.45) is 0 Å². The number of hydrogen-bond acceptors (Lipinski definition) is 1. The van der Waals surface area contributed by atoms with Crippen LogP contribution in [0, 0.1) is 11.2 Å². The third-order valence-corrected chi connectivity index (χ3v) is 2.53. The van der Waals surface area contributed by atoms with Crippen LogP contribution in [0.1, 0.15) is 12.5 Å². The summed E-state index contributed by atoms with van der Waals surface area (Å²) < 4.78 is 0. The molecular weight excluding hydrogens is 188 g/mol. The van der Waals surface area contributed by atoms with Gasteiger partial charge in [-0.05, 0) is 23.8 Å². The Balaban J connectivity index is 2.61. The molecule has 0 aromatic heterocycles. The van der Waals surface area contributed by atoms with Gasteiger partial charge in [-0.25, -0.2) is 0 Å². The summed E-state index contributed by atoms with van der Waals surface area (Å²) in [4.78, 5) is 0. The van der Waals surface area contributed by atoms with E-state index < -0.39 is 0 Å². The largest absolute Gasteiger partial charge is 0.0947 e. The molecule has 0 bridgehead atoms. The van der Waals surface area contributed by atoms with Crippen LogP contribution < -0.4 is 0 Å². The normalized spacial score (nSPS) is 8.83. The lowest BCUT2D eigenvalue weighted by Crippen LogP contribution is -1.79. The van der Waals surface area contributed by atoms with E-state index in [-0.39, 0.29) is 0 Å². The number of benzene rings is 1. The molecule has 2 heteroatoms. The van der Waals surface area contributed by atoms with Crippen LogP contribution in [0.5, 0.6) is 0 Å². The molecule has 12 heavy (non-hydrogen) atoms. The molecule has 0 atom stereocenters. The number of hydrogen-bond donors (Lipinski definition) is 0. The van der Waals surface area contributed by atoms with Crippen LogP contribution in [0.15, 0.2) is 24.3 Å². The van der Waals surface area contributed by atoms with E-state index in [1.165, 1.54) is 0 Å². The summed E-state index contributed by atoms with van der Waals surface area (Å²) in [5, 5.41) is 3.75. The lowest BCUT2D eigenvalue weighted by Gasteiger charge is -1.98. The van der Waals surface area contributed by atoms with E-state index in [0.717, 1.165) is 16.3 Å². The highest BCUT2D eigenvalue weighted by Crippen LogP contribution is 2.19. The minimum absolute atomic E-state index is 0.822. The van der Waals surface area contributed by atoms with Gasteiger partial charge in [0.15, 0.2) is 0 Å². The maximum atomic E-state index is 5.94. The molecule has 0 saturated heterocycles. The van der Waals surface area contributed by atoms with Crippen molar-refractivity contribution >= 4 is 23.4 Å². The molecule has 1 rings (SSSR count). The predicted octanol–water partition coefficient (Wildman–Crippen LogP) is 3.55.